The Labute approximate surface area is 327 Å². The molecule has 9 aromatic carbocycles. The highest BCUT2D eigenvalue weighted by Crippen LogP contribution is 2.49. The molecular formula is C52H33NS2. The van der Waals surface area contributed by atoms with Gasteiger partial charge in [0.2, 0.25) is 0 Å². The summed E-state index contributed by atoms with van der Waals surface area (Å²) in [6.45, 7) is 0. The molecule has 0 aliphatic carbocycles. The van der Waals surface area contributed by atoms with Crippen LogP contribution in [-0.2, 0) is 0 Å². The number of fused-ring (bicyclic) bond motifs is 7. The van der Waals surface area contributed by atoms with Gasteiger partial charge in [0.1, 0.15) is 0 Å². The van der Waals surface area contributed by atoms with E-state index in [0.717, 1.165) is 17.1 Å². The lowest BCUT2D eigenvalue weighted by Gasteiger charge is -2.29. The molecule has 0 bridgehead atoms. The normalized spacial score (nSPS) is 11.6. The lowest BCUT2D eigenvalue weighted by atomic mass is 9.94. The minimum Gasteiger partial charge on any atom is -0.310 e. The Balaban J connectivity index is 1.14. The topological polar surface area (TPSA) is 3.24 Å². The van der Waals surface area contributed by atoms with Crippen molar-refractivity contribution in [2.75, 3.05) is 4.90 Å². The van der Waals surface area contributed by atoms with Gasteiger partial charge in [-0.3, -0.25) is 0 Å². The maximum atomic E-state index is 2.45. The monoisotopic (exact) mass is 735 g/mol. The Hall–Kier alpha value is -6.52. The number of benzene rings is 9. The van der Waals surface area contributed by atoms with Gasteiger partial charge in [0.25, 0.3) is 0 Å². The predicted molar refractivity (Wildman–Crippen MR) is 241 cm³/mol. The van der Waals surface area contributed by atoms with E-state index in [2.05, 4.69) is 205 Å². The first kappa shape index (κ1) is 32.0. The van der Waals surface area contributed by atoms with Crippen molar-refractivity contribution in [1.82, 2.24) is 0 Å². The van der Waals surface area contributed by atoms with Crippen LogP contribution < -0.4 is 4.90 Å². The van der Waals surface area contributed by atoms with Crippen molar-refractivity contribution in [2.24, 2.45) is 0 Å². The van der Waals surface area contributed by atoms with E-state index in [1.807, 2.05) is 22.7 Å². The van der Waals surface area contributed by atoms with Gasteiger partial charge < -0.3 is 4.90 Å². The predicted octanol–water partition coefficient (Wildman–Crippen LogP) is 16.0. The first-order valence-electron chi connectivity index (χ1n) is 18.7. The van der Waals surface area contributed by atoms with E-state index in [4.69, 9.17) is 0 Å². The fourth-order valence-electron chi connectivity index (χ4n) is 8.25. The number of thiophene rings is 2. The van der Waals surface area contributed by atoms with Crippen LogP contribution in [-0.4, -0.2) is 0 Å². The molecule has 0 radical (unpaired) electrons. The van der Waals surface area contributed by atoms with Gasteiger partial charge in [-0.1, -0.05) is 146 Å². The summed E-state index contributed by atoms with van der Waals surface area (Å²) in [5.74, 6) is 0. The summed E-state index contributed by atoms with van der Waals surface area (Å²) in [4.78, 5) is 2.45. The standard InChI is InChI=1S/C52H33NS2/c1-2-11-34(12-3-1)36-23-27-40(28-24-36)53(41-29-25-37(26-30-41)42-17-10-18-44-43-15-6-8-19-47(43)55-52(42)44)46-31-32-49-51(45-16-7-9-20-48(45)54-49)50(46)39-22-21-35-13-4-5-14-38(35)33-39/h1-33H. The molecule has 11 rings (SSSR count). The third-order valence-corrected chi connectivity index (χ3v) is 13.2. The fourth-order valence-corrected chi connectivity index (χ4v) is 10.6. The minimum atomic E-state index is 1.11. The fraction of sp³-hybridized carbons (Fsp3) is 0. The van der Waals surface area contributed by atoms with Crippen LogP contribution in [0, 0.1) is 0 Å². The molecule has 0 saturated carbocycles. The van der Waals surface area contributed by atoms with Crippen molar-refractivity contribution in [3.8, 4) is 33.4 Å². The first-order chi connectivity index (χ1) is 27.3. The lowest BCUT2D eigenvalue weighted by molar-refractivity contribution is 1.29. The Kier molecular flexibility index (Phi) is 7.61. The van der Waals surface area contributed by atoms with Crippen LogP contribution in [0.4, 0.5) is 17.1 Å². The van der Waals surface area contributed by atoms with Crippen LogP contribution in [0.2, 0.25) is 0 Å². The second-order valence-corrected chi connectivity index (χ2v) is 16.2. The van der Waals surface area contributed by atoms with Crippen LogP contribution in [0.1, 0.15) is 0 Å². The molecule has 11 aromatic rings. The summed E-state index contributed by atoms with van der Waals surface area (Å²) in [5.41, 5.74) is 10.7. The molecule has 0 atom stereocenters. The Morgan fingerprint density at radius 2 is 0.945 bits per heavy atom. The van der Waals surface area contributed by atoms with Gasteiger partial charge in [-0.2, -0.15) is 0 Å². The van der Waals surface area contributed by atoms with Gasteiger partial charge in [-0.15, -0.1) is 22.7 Å². The van der Waals surface area contributed by atoms with E-state index >= 15 is 0 Å². The summed E-state index contributed by atoms with van der Waals surface area (Å²) >= 11 is 3.75. The minimum absolute atomic E-state index is 1.11. The molecule has 0 unspecified atom stereocenters. The lowest BCUT2D eigenvalue weighted by Crippen LogP contribution is -2.11. The van der Waals surface area contributed by atoms with E-state index in [9.17, 15) is 0 Å². The zero-order valence-corrected chi connectivity index (χ0v) is 31.4. The molecule has 0 spiro atoms. The average Bonchev–Trinajstić information content (AvgIpc) is 3.83. The van der Waals surface area contributed by atoms with Crippen molar-refractivity contribution in [3.05, 3.63) is 200 Å². The molecule has 0 aliphatic rings. The zero-order chi connectivity index (χ0) is 36.3. The van der Waals surface area contributed by atoms with Crippen molar-refractivity contribution in [1.29, 1.82) is 0 Å². The quantitative estimate of drug-likeness (QED) is 0.164. The van der Waals surface area contributed by atoms with Crippen LogP contribution in [0.25, 0.3) is 84.5 Å². The molecule has 0 amide bonds. The van der Waals surface area contributed by atoms with Crippen LogP contribution in [0.15, 0.2) is 200 Å². The van der Waals surface area contributed by atoms with E-state index in [-0.39, 0.29) is 0 Å². The Morgan fingerprint density at radius 1 is 0.345 bits per heavy atom. The zero-order valence-electron chi connectivity index (χ0n) is 29.8. The third kappa shape index (κ3) is 5.43. The molecule has 0 N–H and O–H groups in total. The molecule has 55 heavy (non-hydrogen) atoms. The van der Waals surface area contributed by atoms with Crippen molar-refractivity contribution < 1.29 is 0 Å². The highest BCUT2D eigenvalue weighted by atomic mass is 32.1. The van der Waals surface area contributed by atoms with Gasteiger partial charge >= 0.3 is 0 Å². The molecule has 0 saturated heterocycles. The number of anilines is 3. The van der Waals surface area contributed by atoms with E-state index in [0.29, 0.717) is 0 Å². The SMILES string of the molecule is c1ccc(-c2ccc(N(c3ccc(-c4cccc5c4sc4ccccc45)cc3)c3ccc4sc5ccccc5c4c3-c3ccc4ccccc4c3)cc2)cc1. The van der Waals surface area contributed by atoms with Gasteiger partial charge in [0.05, 0.1) is 5.69 Å². The maximum Gasteiger partial charge on any atom is 0.0547 e. The molecule has 0 fully saturated rings. The second kappa shape index (κ2) is 13.1. The molecule has 1 nitrogen and oxygen atoms in total. The van der Waals surface area contributed by atoms with Crippen LogP contribution in [0.5, 0.6) is 0 Å². The van der Waals surface area contributed by atoms with Crippen LogP contribution in [0.3, 0.4) is 0 Å². The highest BCUT2D eigenvalue weighted by Gasteiger charge is 2.22. The molecule has 2 heterocycles. The molecule has 3 heteroatoms. The molecule has 258 valence electrons. The first-order valence-corrected chi connectivity index (χ1v) is 20.3. The van der Waals surface area contributed by atoms with E-state index < -0.39 is 0 Å². The summed E-state index contributed by atoms with van der Waals surface area (Å²) in [6, 6.07) is 73.4. The number of hydrogen-bond donors (Lipinski definition) is 0. The smallest absolute Gasteiger partial charge is 0.0547 e. The van der Waals surface area contributed by atoms with Gasteiger partial charge in [-0.05, 0) is 93.2 Å². The third-order valence-electron chi connectivity index (χ3n) is 10.9. The number of rotatable bonds is 6. The van der Waals surface area contributed by atoms with Crippen molar-refractivity contribution in [2.45, 2.75) is 0 Å². The summed E-state index contributed by atoms with van der Waals surface area (Å²) in [5, 5.41) is 7.71. The summed E-state index contributed by atoms with van der Waals surface area (Å²) < 4.78 is 5.25. The summed E-state index contributed by atoms with van der Waals surface area (Å²) in [7, 11) is 0. The van der Waals surface area contributed by atoms with Crippen molar-refractivity contribution in [3.63, 3.8) is 0 Å². The van der Waals surface area contributed by atoms with E-state index in [1.54, 1.807) is 0 Å². The maximum absolute atomic E-state index is 2.45. The molecule has 2 aromatic heterocycles. The largest absolute Gasteiger partial charge is 0.310 e. The molecule has 0 aliphatic heterocycles. The Morgan fingerprint density at radius 3 is 1.73 bits per heavy atom. The van der Waals surface area contributed by atoms with Gasteiger partial charge in [-0.25, -0.2) is 0 Å². The van der Waals surface area contributed by atoms with Gasteiger partial charge in [0.15, 0.2) is 0 Å². The van der Waals surface area contributed by atoms with E-state index in [1.165, 1.54) is 84.5 Å². The number of hydrogen-bond acceptors (Lipinski definition) is 3. The summed E-state index contributed by atoms with van der Waals surface area (Å²) in [6.07, 6.45) is 0. The van der Waals surface area contributed by atoms with Crippen LogP contribution >= 0.6 is 22.7 Å². The number of nitrogens with zero attached hydrogens (tertiary/aromatic N) is 1. The van der Waals surface area contributed by atoms with Gasteiger partial charge in [0, 0.05) is 57.3 Å². The van der Waals surface area contributed by atoms with Crippen molar-refractivity contribution >= 4 is 90.9 Å². The average molecular weight is 736 g/mol. The Bertz CT molecular complexity index is 3190. The second-order valence-electron chi connectivity index (χ2n) is 14.1. The highest BCUT2D eigenvalue weighted by molar-refractivity contribution is 7.26. The molecular weight excluding hydrogens is 703 g/mol.